The first-order valence-electron chi connectivity index (χ1n) is 11.8. The average Bonchev–Trinajstić information content (AvgIpc) is 3.06. The summed E-state index contributed by atoms with van der Waals surface area (Å²) in [7, 11) is 0. The summed E-state index contributed by atoms with van der Waals surface area (Å²) in [6.07, 6.45) is 4.41. The molecule has 0 spiro atoms. The Morgan fingerprint density at radius 2 is 2.03 bits per heavy atom. The lowest BCUT2D eigenvalue weighted by Crippen LogP contribution is -3.15. The molecule has 3 fully saturated rings. The second-order valence-electron chi connectivity index (χ2n) is 10.2. The van der Waals surface area contributed by atoms with Crippen molar-refractivity contribution in [2.75, 3.05) is 37.6 Å². The predicted molar refractivity (Wildman–Crippen MR) is 116 cm³/mol. The van der Waals surface area contributed by atoms with Crippen LogP contribution in [0, 0.1) is 29.0 Å². The van der Waals surface area contributed by atoms with Crippen LogP contribution < -0.4 is 9.80 Å². The van der Waals surface area contributed by atoms with Gasteiger partial charge in [0.2, 0.25) is 0 Å². The van der Waals surface area contributed by atoms with Crippen molar-refractivity contribution >= 4 is 11.7 Å². The van der Waals surface area contributed by atoms with E-state index in [9.17, 15) is 14.3 Å². The summed E-state index contributed by atoms with van der Waals surface area (Å²) in [6, 6.07) is 6.91. The van der Waals surface area contributed by atoms with E-state index >= 15 is 0 Å². The highest BCUT2D eigenvalue weighted by Crippen LogP contribution is 2.55. The fraction of sp³-hybridized carbons (Fsp3) is 0.640. The van der Waals surface area contributed by atoms with Crippen LogP contribution >= 0.6 is 0 Å². The van der Waals surface area contributed by atoms with E-state index in [-0.39, 0.29) is 35.1 Å². The summed E-state index contributed by atoms with van der Waals surface area (Å²) >= 11 is 0. The second-order valence-corrected chi connectivity index (χ2v) is 10.2. The van der Waals surface area contributed by atoms with Crippen molar-refractivity contribution in [1.29, 1.82) is 0 Å². The number of halogens is 1. The number of piperazine rings is 1. The van der Waals surface area contributed by atoms with Gasteiger partial charge in [-0.05, 0) is 30.9 Å². The van der Waals surface area contributed by atoms with Crippen molar-refractivity contribution < 1.29 is 23.9 Å². The molecule has 1 aromatic carbocycles. The molecule has 0 bridgehead atoms. The molecule has 2 aliphatic heterocycles. The van der Waals surface area contributed by atoms with Gasteiger partial charge in [0.25, 0.3) is 0 Å². The van der Waals surface area contributed by atoms with E-state index in [1.807, 2.05) is 12.1 Å². The van der Waals surface area contributed by atoms with Crippen LogP contribution in [0.1, 0.15) is 33.1 Å². The van der Waals surface area contributed by atoms with Crippen LogP contribution in [0.15, 0.2) is 35.9 Å². The minimum Gasteiger partial charge on any atom is -0.461 e. The fourth-order valence-electron chi connectivity index (χ4n) is 6.58. The number of benzene rings is 1. The zero-order valence-corrected chi connectivity index (χ0v) is 18.5. The third-order valence-corrected chi connectivity index (χ3v) is 8.74. The molecular formula is C25H34FN2O3+. The molecule has 5 rings (SSSR count). The summed E-state index contributed by atoms with van der Waals surface area (Å²) in [5.74, 6) is -0.322. The van der Waals surface area contributed by atoms with E-state index in [0.29, 0.717) is 18.2 Å². The van der Waals surface area contributed by atoms with E-state index in [1.54, 1.807) is 6.07 Å². The Morgan fingerprint density at radius 3 is 2.77 bits per heavy atom. The Balaban J connectivity index is 1.28. The summed E-state index contributed by atoms with van der Waals surface area (Å²) in [4.78, 5) is 16.3. The summed E-state index contributed by atoms with van der Waals surface area (Å²) in [5, 5.41) is 11.5. The van der Waals surface area contributed by atoms with Crippen LogP contribution in [-0.4, -0.2) is 56.0 Å². The Morgan fingerprint density at radius 1 is 1.29 bits per heavy atom. The normalized spacial score (nSPS) is 38.3. The molecule has 4 aliphatic rings. The van der Waals surface area contributed by atoms with Gasteiger partial charge < -0.3 is 19.6 Å². The number of hydrogen-bond acceptors (Lipinski definition) is 4. The number of allylic oxidation sites excluding steroid dienone is 1. The van der Waals surface area contributed by atoms with Gasteiger partial charge in [-0.25, -0.2) is 4.39 Å². The van der Waals surface area contributed by atoms with Gasteiger partial charge in [0, 0.05) is 17.8 Å². The number of ether oxygens (including phenoxy) is 1. The van der Waals surface area contributed by atoms with Crippen molar-refractivity contribution in [3.8, 4) is 0 Å². The molecule has 2 N–H and O–H groups in total. The number of fused-ring (bicyclic) bond motifs is 2. The number of aliphatic hydroxyl groups is 1. The van der Waals surface area contributed by atoms with Crippen molar-refractivity contribution in [3.05, 3.63) is 41.7 Å². The number of carbonyl (C=O) groups excluding carboxylic acids is 1. The van der Waals surface area contributed by atoms with Crippen LogP contribution in [0.3, 0.4) is 0 Å². The zero-order chi connectivity index (χ0) is 21.8. The van der Waals surface area contributed by atoms with Crippen LogP contribution in [0.4, 0.5) is 10.1 Å². The number of rotatable bonds is 3. The molecule has 1 aromatic rings. The fourth-order valence-corrected chi connectivity index (χ4v) is 6.58. The zero-order valence-electron chi connectivity index (χ0n) is 18.5. The lowest BCUT2D eigenvalue weighted by molar-refractivity contribution is -0.903. The largest absolute Gasteiger partial charge is 0.461 e. The maximum Gasteiger partial charge on any atom is 0.315 e. The number of nitrogens with one attached hydrogen (secondary N) is 1. The predicted octanol–water partition coefficient (Wildman–Crippen LogP) is 1.82. The Kier molecular flexibility index (Phi) is 5.33. The van der Waals surface area contributed by atoms with Gasteiger partial charge in [-0.3, -0.25) is 4.79 Å². The van der Waals surface area contributed by atoms with E-state index in [0.717, 1.165) is 45.4 Å². The first-order chi connectivity index (χ1) is 14.9. The Bertz CT molecular complexity index is 881. The molecule has 2 aliphatic carbocycles. The van der Waals surface area contributed by atoms with Crippen molar-refractivity contribution in [2.45, 2.75) is 45.3 Å². The number of quaternary nitrogens is 1. The summed E-state index contributed by atoms with van der Waals surface area (Å²) in [5.41, 5.74) is 1.67. The quantitative estimate of drug-likeness (QED) is 0.569. The summed E-state index contributed by atoms with van der Waals surface area (Å²) < 4.78 is 20.0. The number of nitrogens with zero attached hydrogens (tertiary/aromatic N) is 1. The lowest BCUT2D eigenvalue weighted by atomic mass is 9.55. The van der Waals surface area contributed by atoms with Crippen LogP contribution in [0.2, 0.25) is 0 Å². The Hall–Kier alpha value is -1.92. The molecular weight excluding hydrogens is 395 g/mol. The molecule has 6 heteroatoms. The molecule has 31 heavy (non-hydrogen) atoms. The molecule has 6 atom stereocenters. The molecule has 168 valence electrons. The van der Waals surface area contributed by atoms with Gasteiger partial charge in [0.1, 0.15) is 17.8 Å². The SMILES string of the molecule is C[C@@H]1CCC=C2C[C@H]3OC(=O)[C@H](C[NH+]4CCN(c5ccccc5F)CC4)[C@H]3[C@H](O)[C@@]21C. The number of anilines is 1. The van der Waals surface area contributed by atoms with Gasteiger partial charge >= 0.3 is 5.97 Å². The van der Waals surface area contributed by atoms with Gasteiger partial charge in [0.05, 0.1) is 44.5 Å². The van der Waals surface area contributed by atoms with Crippen molar-refractivity contribution in [3.63, 3.8) is 0 Å². The average molecular weight is 430 g/mol. The number of para-hydroxylation sites is 1. The van der Waals surface area contributed by atoms with E-state index in [4.69, 9.17) is 4.74 Å². The van der Waals surface area contributed by atoms with E-state index in [2.05, 4.69) is 24.8 Å². The van der Waals surface area contributed by atoms with E-state index in [1.165, 1.54) is 16.5 Å². The molecule has 1 saturated carbocycles. The highest BCUT2D eigenvalue weighted by Gasteiger charge is 2.60. The van der Waals surface area contributed by atoms with Crippen molar-refractivity contribution in [2.24, 2.45) is 23.2 Å². The molecule has 5 nitrogen and oxygen atoms in total. The topological polar surface area (TPSA) is 54.2 Å². The first-order valence-corrected chi connectivity index (χ1v) is 11.8. The smallest absolute Gasteiger partial charge is 0.315 e. The number of esters is 1. The van der Waals surface area contributed by atoms with E-state index < -0.39 is 6.10 Å². The lowest BCUT2D eigenvalue weighted by Gasteiger charge is -2.51. The highest BCUT2D eigenvalue weighted by atomic mass is 19.1. The minimum absolute atomic E-state index is 0.132. The van der Waals surface area contributed by atoms with Crippen molar-refractivity contribution in [1.82, 2.24) is 0 Å². The maximum absolute atomic E-state index is 14.1. The van der Waals surface area contributed by atoms with Gasteiger partial charge in [-0.15, -0.1) is 0 Å². The van der Waals surface area contributed by atoms with Crippen LogP contribution in [0.5, 0.6) is 0 Å². The maximum atomic E-state index is 14.1. The molecule has 0 radical (unpaired) electrons. The minimum atomic E-state index is -0.552. The van der Waals surface area contributed by atoms with Crippen LogP contribution in [0.25, 0.3) is 0 Å². The number of hydrogen-bond donors (Lipinski definition) is 2. The van der Waals surface area contributed by atoms with Gasteiger partial charge in [0.15, 0.2) is 0 Å². The third-order valence-electron chi connectivity index (χ3n) is 8.74. The van der Waals surface area contributed by atoms with Gasteiger partial charge in [-0.1, -0.05) is 37.6 Å². The standard InChI is InChI=1S/C25H33FN2O3/c1-16-6-5-7-17-14-21-22(23(29)25(16,17)2)18(24(30)31-21)15-27-10-12-28(13-11-27)20-9-4-3-8-19(20)26/h3-4,7-9,16,18,21-23,29H,5-6,10-15H2,1-2H3/p+1/t16-,18-,21-,22-,23+,25-/m1/s1. The third kappa shape index (κ3) is 3.39. The van der Waals surface area contributed by atoms with Crippen LogP contribution in [-0.2, 0) is 9.53 Å². The first kappa shape index (κ1) is 21.0. The molecule has 2 heterocycles. The molecule has 0 amide bonds. The number of aliphatic hydroxyl groups excluding tert-OH is 1. The monoisotopic (exact) mass is 429 g/mol. The highest BCUT2D eigenvalue weighted by molar-refractivity contribution is 5.76. The second kappa shape index (κ2) is 7.89. The molecule has 0 unspecified atom stereocenters. The molecule has 0 aromatic heterocycles. The van der Waals surface area contributed by atoms with Gasteiger partial charge in [-0.2, -0.15) is 0 Å². The number of carbonyl (C=O) groups is 1. The summed E-state index contributed by atoms with van der Waals surface area (Å²) in [6.45, 7) is 8.33. The molecule has 2 saturated heterocycles. The Labute approximate surface area is 183 Å².